The molecule has 0 radical (unpaired) electrons. The molecule has 1 aromatic heterocycles. The van der Waals surface area contributed by atoms with Crippen molar-refractivity contribution in [2.75, 3.05) is 40.5 Å². The average molecular weight is 270 g/mol. The van der Waals surface area contributed by atoms with E-state index in [0.29, 0.717) is 25.8 Å². The van der Waals surface area contributed by atoms with E-state index >= 15 is 0 Å². The first-order valence-electron chi connectivity index (χ1n) is 6.64. The normalized spacial score (nSPS) is 13.1. The molecule has 1 unspecified atom stereocenters. The molecule has 110 valence electrons. The summed E-state index contributed by atoms with van der Waals surface area (Å²) in [5, 5.41) is 0. The zero-order valence-corrected chi connectivity index (χ0v) is 12.2. The fraction of sp³-hybridized carbons (Fsp3) is 0.769. The molecule has 19 heavy (non-hydrogen) atoms. The average Bonchev–Trinajstić information content (AvgIpc) is 2.82. The summed E-state index contributed by atoms with van der Waals surface area (Å²) in [7, 11) is 3.44. The summed E-state index contributed by atoms with van der Waals surface area (Å²) >= 11 is 0. The predicted molar refractivity (Wildman–Crippen MR) is 74.9 cm³/mol. The molecule has 1 atom stereocenters. The Morgan fingerprint density at radius 2 is 2.21 bits per heavy atom. The highest BCUT2D eigenvalue weighted by atomic mass is 16.5. The van der Waals surface area contributed by atoms with Crippen LogP contribution in [-0.2, 0) is 22.6 Å². The molecule has 0 aliphatic heterocycles. The second kappa shape index (κ2) is 9.03. The third-order valence-corrected chi connectivity index (χ3v) is 3.05. The van der Waals surface area contributed by atoms with E-state index in [1.165, 1.54) is 0 Å². The number of nitrogens with zero attached hydrogens (tertiary/aromatic N) is 3. The lowest BCUT2D eigenvalue weighted by Gasteiger charge is -2.27. The molecule has 0 spiro atoms. The molecule has 1 rings (SSSR count). The minimum atomic E-state index is 0.333. The Morgan fingerprint density at radius 1 is 1.42 bits per heavy atom. The van der Waals surface area contributed by atoms with Crippen molar-refractivity contribution in [1.29, 1.82) is 0 Å². The number of aromatic nitrogens is 2. The fourth-order valence-corrected chi connectivity index (χ4v) is 1.98. The topological polar surface area (TPSA) is 65.5 Å². The molecule has 1 heterocycles. The van der Waals surface area contributed by atoms with Crippen molar-refractivity contribution in [3.63, 3.8) is 0 Å². The van der Waals surface area contributed by atoms with E-state index < -0.39 is 0 Å². The molecular formula is C13H26N4O2. The molecule has 0 aromatic carbocycles. The van der Waals surface area contributed by atoms with E-state index in [1.807, 2.05) is 17.1 Å². The van der Waals surface area contributed by atoms with Crippen molar-refractivity contribution in [3.05, 3.63) is 18.2 Å². The minimum absolute atomic E-state index is 0.333. The van der Waals surface area contributed by atoms with Gasteiger partial charge in [-0.3, -0.25) is 4.90 Å². The number of methoxy groups -OCH3 is 2. The Balaban J connectivity index is 2.58. The highest BCUT2D eigenvalue weighted by Gasteiger charge is 2.15. The third-order valence-electron chi connectivity index (χ3n) is 3.05. The van der Waals surface area contributed by atoms with Gasteiger partial charge in [0.1, 0.15) is 0 Å². The van der Waals surface area contributed by atoms with Crippen LogP contribution in [0.1, 0.15) is 12.6 Å². The Labute approximate surface area is 115 Å². The van der Waals surface area contributed by atoms with Crippen molar-refractivity contribution in [3.8, 4) is 0 Å². The molecule has 2 N–H and O–H groups in total. The summed E-state index contributed by atoms with van der Waals surface area (Å²) in [5.41, 5.74) is 6.58. The number of rotatable bonds is 10. The molecule has 0 saturated heterocycles. The van der Waals surface area contributed by atoms with Crippen molar-refractivity contribution < 1.29 is 9.47 Å². The molecule has 0 fully saturated rings. The van der Waals surface area contributed by atoms with Crippen molar-refractivity contribution in [2.45, 2.75) is 26.1 Å². The van der Waals surface area contributed by atoms with Crippen LogP contribution in [0, 0.1) is 0 Å². The molecule has 0 bridgehead atoms. The summed E-state index contributed by atoms with van der Waals surface area (Å²) in [6.45, 7) is 6.65. The molecular weight excluding hydrogens is 244 g/mol. The van der Waals surface area contributed by atoms with Crippen LogP contribution in [-0.4, -0.2) is 61.0 Å². The van der Waals surface area contributed by atoms with E-state index in [-0.39, 0.29) is 0 Å². The van der Waals surface area contributed by atoms with Crippen LogP contribution < -0.4 is 5.73 Å². The monoisotopic (exact) mass is 270 g/mol. The summed E-state index contributed by atoms with van der Waals surface area (Å²) in [6.07, 6.45) is 3.88. The van der Waals surface area contributed by atoms with Crippen molar-refractivity contribution in [1.82, 2.24) is 14.5 Å². The maximum atomic E-state index is 5.53. The first-order chi connectivity index (χ1) is 9.21. The van der Waals surface area contributed by atoms with Crippen LogP contribution in [0.2, 0.25) is 0 Å². The molecule has 0 amide bonds. The van der Waals surface area contributed by atoms with Gasteiger partial charge in [-0.25, -0.2) is 4.98 Å². The van der Waals surface area contributed by atoms with Gasteiger partial charge in [-0.15, -0.1) is 0 Å². The summed E-state index contributed by atoms with van der Waals surface area (Å²) in [4.78, 5) is 6.72. The maximum absolute atomic E-state index is 5.53. The molecule has 0 saturated carbocycles. The molecule has 0 aliphatic rings. The summed E-state index contributed by atoms with van der Waals surface area (Å²) < 4.78 is 12.4. The first kappa shape index (κ1) is 16.1. The molecule has 1 aromatic rings. The van der Waals surface area contributed by atoms with Gasteiger partial charge in [0, 0.05) is 52.6 Å². The van der Waals surface area contributed by atoms with Crippen LogP contribution in [0.3, 0.4) is 0 Å². The number of hydrogen-bond acceptors (Lipinski definition) is 5. The number of hydrogen-bond donors (Lipinski definition) is 1. The van der Waals surface area contributed by atoms with E-state index in [0.717, 1.165) is 25.3 Å². The molecule has 0 aliphatic carbocycles. The van der Waals surface area contributed by atoms with Gasteiger partial charge in [0.05, 0.1) is 25.2 Å². The summed E-state index contributed by atoms with van der Waals surface area (Å²) in [6, 6.07) is 0.333. The Morgan fingerprint density at radius 3 is 2.84 bits per heavy atom. The highest BCUT2D eigenvalue weighted by Crippen LogP contribution is 2.07. The smallest absolute Gasteiger partial charge is 0.0950 e. The van der Waals surface area contributed by atoms with Gasteiger partial charge >= 0.3 is 0 Å². The number of imidazole rings is 1. The lowest BCUT2D eigenvalue weighted by atomic mass is 10.2. The zero-order valence-electron chi connectivity index (χ0n) is 12.2. The SMILES string of the molecule is COCCN(Cc1cn(CCN)cn1)C(C)COC. The second-order valence-corrected chi connectivity index (χ2v) is 4.66. The molecule has 6 nitrogen and oxygen atoms in total. The van der Waals surface area contributed by atoms with Gasteiger partial charge in [0.25, 0.3) is 0 Å². The van der Waals surface area contributed by atoms with Crippen molar-refractivity contribution in [2.24, 2.45) is 5.73 Å². The van der Waals surface area contributed by atoms with E-state index in [9.17, 15) is 0 Å². The Hall–Kier alpha value is -0.950. The van der Waals surface area contributed by atoms with Gasteiger partial charge in [-0.05, 0) is 6.92 Å². The standard InChI is InChI=1S/C13H26N4O2/c1-12(10-19-3)17(6-7-18-2)9-13-8-16(5-4-14)11-15-13/h8,11-12H,4-7,9-10,14H2,1-3H3. The Bertz CT molecular complexity index is 343. The zero-order chi connectivity index (χ0) is 14.1. The maximum Gasteiger partial charge on any atom is 0.0950 e. The largest absolute Gasteiger partial charge is 0.383 e. The lowest BCUT2D eigenvalue weighted by molar-refractivity contribution is 0.0698. The van der Waals surface area contributed by atoms with Crippen LogP contribution in [0.15, 0.2) is 12.5 Å². The summed E-state index contributed by atoms with van der Waals surface area (Å²) in [5.74, 6) is 0. The molecule has 6 heteroatoms. The van der Waals surface area contributed by atoms with Crippen molar-refractivity contribution >= 4 is 0 Å². The quantitative estimate of drug-likeness (QED) is 0.663. The first-order valence-corrected chi connectivity index (χ1v) is 6.64. The van der Waals surface area contributed by atoms with Crippen LogP contribution in [0.4, 0.5) is 0 Å². The highest BCUT2D eigenvalue weighted by molar-refractivity contribution is 4.97. The predicted octanol–water partition coefficient (Wildman–Crippen LogP) is 0.325. The van der Waals surface area contributed by atoms with Gasteiger partial charge in [0.15, 0.2) is 0 Å². The van der Waals surface area contributed by atoms with Gasteiger partial charge in [-0.2, -0.15) is 0 Å². The van der Waals surface area contributed by atoms with Crippen LogP contribution in [0.5, 0.6) is 0 Å². The van der Waals surface area contributed by atoms with Gasteiger partial charge in [0.2, 0.25) is 0 Å². The second-order valence-electron chi connectivity index (χ2n) is 4.66. The fourth-order valence-electron chi connectivity index (χ4n) is 1.98. The lowest BCUT2D eigenvalue weighted by Crippen LogP contribution is -2.38. The van der Waals surface area contributed by atoms with Gasteiger partial charge in [-0.1, -0.05) is 0 Å². The Kier molecular flexibility index (Phi) is 7.66. The van der Waals surface area contributed by atoms with E-state index in [1.54, 1.807) is 14.2 Å². The van der Waals surface area contributed by atoms with Crippen LogP contribution >= 0.6 is 0 Å². The van der Waals surface area contributed by atoms with Gasteiger partial charge < -0.3 is 19.8 Å². The van der Waals surface area contributed by atoms with E-state index in [4.69, 9.17) is 15.2 Å². The minimum Gasteiger partial charge on any atom is -0.383 e. The number of ether oxygens (including phenoxy) is 2. The van der Waals surface area contributed by atoms with E-state index in [2.05, 4.69) is 16.8 Å². The number of nitrogens with two attached hydrogens (primary N) is 1. The third kappa shape index (κ3) is 5.69. The van der Waals surface area contributed by atoms with Crippen LogP contribution in [0.25, 0.3) is 0 Å².